The van der Waals surface area contributed by atoms with Gasteiger partial charge in [0.25, 0.3) is 5.91 Å². The smallest absolute Gasteiger partial charge is 0.251 e. The standard InChI is InChI=1S/C20H25BrN4O2/c1-3-27-18-7-5-4-6-16(18)14-25-20(22-2)24-13-12-23-19(26)15-8-10-17(21)11-9-15/h4-11H,3,12-14H2,1-2H3,(H,23,26)(H2,22,24,25). The molecule has 0 saturated heterocycles. The average Bonchev–Trinajstić information content (AvgIpc) is 2.69. The Balaban J connectivity index is 1.74. The molecule has 1 amide bonds. The van der Waals surface area contributed by atoms with E-state index >= 15 is 0 Å². The number of rotatable bonds is 8. The third kappa shape index (κ3) is 6.94. The maximum Gasteiger partial charge on any atom is 0.251 e. The van der Waals surface area contributed by atoms with Crippen LogP contribution in [0.2, 0.25) is 0 Å². The number of halogens is 1. The highest BCUT2D eigenvalue weighted by atomic mass is 79.9. The molecular weight excluding hydrogens is 408 g/mol. The number of hydrogen-bond donors (Lipinski definition) is 3. The number of para-hydroxylation sites is 1. The van der Waals surface area contributed by atoms with Crippen LogP contribution in [-0.2, 0) is 6.54 Å². The van der Waals surface area contributed by atoms with Crippen LogP contribution >= 0.6 is 15.9 Å². The summed E-state index contributed by atoms with van der Waals surface area (Å²) in [5, 5.41) is 9.31. The molecule has 2 aromatic rings. The maximum atomic E-state index is 12.1. The maximum absolute atomic E-state index is 12.1. The number of ether oxygens (including phenoxy) is 1. The fraction of sp³-hybridized carbons (Fsp3) is 0.300. The number of benzene rings is 2. The quantitative estimate of drug-likeness (QED) is 0.340. The summed E-state index contributed by atoms with van der Waals surface area (Å²) >= 11 is 3.36. The van der Waals surface area contributed by atoms with Gasteiger partial charge in [0.15, 0.2) is 5.96 Å². The summed E-state index contributed by atoms with van der Waals surface area (Å²) < 4.78 is 6.57. The van der Waals surface area contributed by atoms with E-state index in [9.17, 15) is 4.79 Å². The second kappa shape index (κ2) is 11.2. The van der Waals surface area contributed by atoms with Crippen molar-refractivity contribution in [3.63, 3.8) is 0 Å². The number of hydrogen-bond acceptors (Lipinski definition) is 3. The molecule has 0 fully saturated rings. The van der Waals surface area contributed by atoms with Crippen LogP contribution in [0.3, 0.4) is 0 Å². The minimum absolute atomic E-state index is 0.0992. The van der Waals surface area contributed by atoms with Crippen LogP contribution in [0.4, 0.5) is 0 Å². The molecule has 0 bridgehead atoms. The van der Waals surface area contributed by atoms with Crippen molar-refractivity contribution in [2.45, 2.75) is 13.5 Å². The number of amides is 1. The minimum atomic E-state index is -0.0992. The lowest BCUT2D eigenvalue weighted by atomic mass is 10.2. The molecule has 0 atom stereocenters. The van der Waals surface area contributed by atoms with E-state index in [-0.39, 0.29) is 5.91 Å². The molecule has 3 N–H and O–H groups in total. The van der Waals surface area contributed by atoms with Crippen molar-refractivity contribution in [3.05, 3.63) is 64.1 Å². The SMILES string of the molecule is CCOc1ccccc1CNC(=NC)NCCNC(=O)c1ccc(Br)cc1. The first-order valence-corrected chi connectivity index (χ1v) is 9.62. The van der Waals surface area contributed by atoms with E-state index < -0.39 is 0 Å². The monoisotopic (exact) mass is 432 g/mol. The Labute approximate surface area is 168 Å². The predicted molar refractivity (Wildman–Crippen MR) is 112 cm³/mol. The van der Waals surface area contributed by atoms with E-state index in [1.807, 2.05) is 43.3 Å². The lowest BCUT2D eigenvalue weighted by molar-refractivity contribution is 0.0954. The van der Waals surface area contributed by atoms with Gasteiger partial charge < -0.3 is 20.7 Å². The predicted octanol–water partition coefficient (Wildman–Crippen LogP) is 2.94. The largest absolute Gasteiger partial charge is 0.494 e. The Bertz CT molecular complexity index is 763. The fourth-order valence-corrected chi connectivity index (χ4v) is 2.67. The van der Waals surface area contributed by atoms with Crippen LogP contribution in [0, 0.1) is 0 Å². The Morgan fingerprint density at radius 3 is 2.44 bits per heavy atom. The van der Waals surface area contributed by atoms with Gasteiger partial charge in [-0.3, -0.25) is 9.79 Å². The molecule has 0 aliphatic carbocycles. The van der Waals surface area contributed by atoms with E-state index in [1.165, 1.54) is 0 Å². The molecule has 0 aliphatic heterocycles. The minimum Gasteiger partial charge on any atom is -0.494 e. The number of guanidine groups is 1. The van der Waals surface area contributed by atoms with Gasteiger partial charge in [-0.25, -0.2) is 0 Å². The summed E-state index contributed by atoms with van der Waals surface area (Å²) in [6.45, 7) is 4.25. The zero-order chi connectivity index (χ0) is 19.5. The van der Waals surface area contributed by atoms with E-state index in [1.54, 1.807) is 19.2 Å². The fourth-order valence-electron chi connectivity index (χ4n) is 2.41. The summed E-state index contributed by atoms with van der Waals surface area (Å²) in [5.41, 5.74) is 1.69. The second-order valence-corrected chi connectivity index (χ2v) is 6.57. The number of carbonyl (C=O) groups is 1. The highest BCUT2D eigenvalue weighted by Crippen LogP contribution is 2.17. The molecule has 0 aliphatic rings. The van der Waals surface area contributed by atoms with Gasteiger partial charge in [-0.1, -0.05) is 34.1 Å². The zero-order valence-electron chi connectivity index (χ0n) is 15.6. The highest BCUT2D eigenvalue weighted by Gasteiger charge is 2.06. The molecule has 0 aromatic heterocycles. The summed E-state index contributed by atoms with van der Waals surface area (Å²) in [6.07, 6.45) is 0. The van der Waals surface area contributed by atoms with Gasteiger partial charge in [0.2, 0.25) is 0 Å². The third-order valence-corrected chi connectivity index (χ3v) is 4.28. The molecular formula is C20H25BrN4O2. The van der Waals surface area contributed by atoms with Crippen molar-refractivity contribution in [2.75, 3.05) is 26.7 Å². The normalized spacial score (nSPS) is 11.0. The molecule has 2 rings (SSSR count). The number of nitrogens with one attached hydrogen (secondary N) is 3. The van der Waals surface area contributed by atoms with Gasteiger partial charge in [-0.2, -0.15) is 0 Å². The van der Waals surface area contributed by atoms with E-state index in [0.717, 1.165) is 15.8 Å². The number of carbonyl (C=O) groups excluding carboxylic acids is 1. The molecule has 2 aromatic carbocycles. The van der Waals surface area contributed by atoms with Crippen LogP contribution in [0.25, 0.3) is 0 Å². The molecule has 27 heavy (non-hydrogen) atoms. The lowest BCUT2D eigenvalue weighted by Crippen LogP contribution is -2.41. The van der Waals surface area contributed by atoms with Crippen molar-refractivity contribution < 1.29 is 9.53 Å². The van der Waals surface area contributed by atoms with Crippen molar-refractivity contribution in [2.24, 2.45) is 4.99 Å². The van der Waals surface area contributed by atoms with Crippen molar-refractivity contribution in [1.82, 2.24) is 16.0 Å². The van der Waals surface area contributed by atoms with Gasteiger partial charge in [0.05, 0.1) is 6.61 Å². The Kier molecular flexibility index (Phi) is 8.64. The Morgan fingerprint density at radius 1 is 1.04 bits per heavy atom. The van der Waals surface area contributed by atoms with Crippen LogP contribution < -0.4 is 20.7 Å². The van der Waals surface area contributed by atoms with Crippen LogP contribution in [-0.4, -0.2) is 38.6 Å². The van der Waals surface area contributed by atoms with Crippen molar-refractivity contribution >= 4 is 27.8 Å². The molecule has 6 nitrogen and oxygen atoms in total. The van der Waals surface area contributed by atoms with Gasteiger partial charge in [0.1, 0.15) is 5.75 Å². The Hall–Kier alpha value is -2.54. The lowest BCUT2D eigenvalue weighted by Gasteiger charge is -2.14. The molecule has 0 saturated carbocycles. The van der Waals surface area contributed by atoms with Crippen LogP contribution in [0.1, 0.15) is 22.8 Å². The summed E-state index contributed by atoms with van der Waals surface area (Å²) in [4.78, 5) is 16.3. The third-order valence-electron chi connectivity index (χ3n) is 3.75. The first-order valence-electron chi connectivity index (χ1n) is 8.83. The van der Waals surface area contributed by atoms with Crippen LogP contribution in [0.15, 0.2) is 58.0 Å². The van der Waals surface area contributed by atoms with Crippen LogP contribution in [0.5, 0.6) is 5.75 Å². The van der Waals surface area contributed by atoms with Gasteiger partial charge in [-0.05, 0) is 37.3 Å². The average molecular weight is 433 g/mol. The summed E-state index contributed by atoms with van der Waals surface area (Å²) in [7, 11) is 1.71. The molecule has 0 unspecified atom stereocenters. The van der Waals surface area contributed by atoms with Gasteiger partial charge in [0, 0.05) is 42.3 Å². The van der Waals surface area contributed by atoms with E-state index in [0.29, 0.717) is 37.8 Å². The van der Waals surface area contributed by atoms with E-state index in [2.05, 4.69) is 36.9 Å². The first kappa shape index (κ1) is 20.8. The molecule has 0 spiro atoms. The number of nitrogens with zero attached hydrogens (tertiary/aromatic N) is 1. The van der Waals surface area contributed by atoms with Crippen molar-refractivity contribution in [1.29, 1.82) is 0 Å². The second-order valence-electron chi connectivity index (χ2n) is 5.66. The van der Waals surface area contributed by atoms with Crippen molar-refractivity contribution in [3.8, 4) is 5.75 Å². The summed E-state index contributed by atoms with van der Waals surface area (Å²) in [5.74, 6) is 1.43. The van der Waals surface area contributed by atoms with Gasteiger partial charge >= 0.3 is 0 Å². The molecule has 0 heterocycles. The Morgan fingerprint density at radius 2 is 1.74 bits per heavy atom. The highest BCUT2D eigenvalue weighted by molar-refractivity contribution is 9.10. The molecule has 0 radical (unpaired) electrons. The molecule has 7 heteroatoms. The molecule has 144 valence electrons. The zero-order valence-corrected chi connectivity index (χ0v) is 17.2. The van der Waals surface area contributed by atoms with Gasteiger partial charge in [-0.15, -0.1) is 0 Å². The summed E-state index contributed by atoms with van der Waals surface area (Å²) in [6, 6.07) is 15.2. The topological polar surface area (TPSA) is 74.8 Å². The van der Waals surface area contributed by atoms with E-state index in [4.69, 9.17) is 4.74 Å². The first-order chi connectivity index (χ1) is 13.1. The number of aliphatic imine (C=N–C) groups is 1.